The molecule has 0 aromatic heterocycles. The molecule has 3 N–H and O–H groups in total. The summed E-state index contributed by atoms with van der Waals surface area (Å²) in [5.74, 6) is 0. The molecule has 5 heteroatoms. The van der Waals surface area contributed by atoms with E-state index in [2.05, 4.69) is 12.2 Å². The van der Waals surface area contributed by atoms with Gasteiger partial charge in [0.05, 0.1) is 19.3 Å². The average Bonchev–Trinajstić information content (AvgIpc) is 2.47. The zero-order valence-electron chi connectivity index (χ0n) is 11.3. The SMILES string of the molecule is CCC1COCCN1C(=O)Nc1cccc(CN)c1. The largest absolute Gasteiger partial charge is 0.377 e. The van der Waals surface area contributed by atoms with Gasteiger partial charge in [0.25, 0.3) is 0 Å². The third-order valence-electron chi connectivity index (χ3n) is 3.37. The summed E-state index contributed by atoms with van der Waals surface area (Å²) >= 11 is 0. The fourth-order valence-electron chi connectivity index (χ4n) is 2.23. The number of amides is 2. The Kier molecular flexibility index (Phi) is 4.76. The zero-order valence-corrected chi connectivity index (χ0v) is 11.3. The quantitative estimate of drug-likeness (QED) is 0.873. The monoisotopic (exact) mass is 263 g/mol. The number of urea groups is 1. The number of carbonyl (C=O) groups is 1. The number of benzene rings is 1. The van der Waals surface area contributed by atoms with Gasteiger partial charge in [-0.3, -0.25) is 0 Å². The van der Waals surface area contributed by atoms with Crippen molar-refractivity contribution in [1.29, 1.82) is 0 Å². The van der Waals surface area contributed by atoms with Gasteiger partial charge in [-0.05, 0) is 24.1 Å². The van der Waals surface area contributed by atoms with Gasteiger partial charge in [0, 0.05) is 18.8 Å². The number of hydrogen-bond donors (Lipinski definition) is 2. The van der Waals surface area contributed by atoms with Crippen LogP contribution in [0.2, 0.25) is 0 Å². The van der Waals surface area contributed by atoms with Crippen LogP contribution in [-0.4, -0.2) is 36.7 Å². The van der Waals surface area contributed by atoms with Gasteiger partial charge in [0.1, 0.15) is 0 Å². The van der Waals surface area contributed by atoms with E-state index in [-0.39, 0.29) is 12.1 Å². The van der Waals surface area contributed by atoms with Crippen LogP contribution in [0.1, 0.15) is 18.9 Å². The Labute approximate surface area is 113 Å². The van der Waals surface area contributed by atoms with Crippen LogP contribution in [0.25, 0.3) is 0 Å². The highest BCUT2D eigenvalue weighted by molar-refractivity contribution is 5.89. The number of ether oxygens (including phenoxy) is 1. The smallest absolute Gasteiger partial charge is 0.322 e. The highest BCUT2D eigenvalue weighted by Crippen LogP contribution is 2.15. The Morgan fingerprint density at radius 1 is 1.58 bits per heavy atom. The second kappa shape index (κ2) is 6.54. The lowest BCUT2D eigenvalue weighted by Gasteiger charge is -2.35. The molecule has 0 aliphatic carbocycles. The predicted octanol–water partition coefficient (Wildman–Crippen LogP) is 1.79. The molecule has 0 spiro atoms. The van der Waals surface area contributed by atoms with Crippen LogP contribution in [-0.2, 0) is 11.3 Å². The van der Waals surface area contributed by atoms with Gasteiger partial charge in [0.15, 0.2) is 0 Å². The third-order valence-corrected chi connectivity index (χ3v) is 3.37. The summed E-state index contributed by atoms with van der Waals surface area (Å²) in [7, 11) is 0. The van der Waals surface area contributed by atoms with Gasteiger partial charge in [0.2, 0.25) is 0 Å². The van der Waals surface area contributed by atoms with Crippen molar-refractivity contribution in [2.45, 2.75) is 25.9 Å². The van der Waals surface area contributed by atoms with Crippen LogP contribution in [0.5, 0.6) is 0 Å². The average molecular weight is 263 g/mol. The number of nitrogens with zero attached hydrogens (tertiary/aromatic N) is 1. The molecule has 1 aliphatic rings. The maximum atomic E-state index is 12.3. The Morgan fingerprint density at radius 2 is 2.42 bits per heavy atom. The molecule has 1 aliphatic heterocycles. The van der Waals surface area contributed by atoms with E-state index in [1.54, 1.807) is 0 Å². The Hall–Kier alpha value is -1.59. The molecule has 0 saturated carbocycles. The van der Waals surface area contributed by atoms with E-state index in [9.17, 15) is 4.79 Å². The predicted molar refractivity (Wildman–Crippen MR) is 75.0 cm³/mol. The number of anilines is 1. The van der Waals surface area contributed by atoms with E-state index < -0.39 is 0 Å². The zero-order chi connectivity index (χ0) is 13.7. The van der Waals surface area contributed by atoms with Gasteiger partial charge in [-0.15, -0.1) is 0 Å². The Morgan fingerprint density at radius 3 is 3.16 bits per heavy atom. The standard InChI is InChI=1S/C14H21N3O2/c1-2-13-10-19-7-6-17(13)14(18)16-12-5-3-4-11(8-12)9-15/h3-5,8,13H,2,6-7,9-10,15H2,1H3,(H,16,18). The van der Waals surface area contributed by atoms with Crippen molar-refractivity contribution in [2.24, 2.45) is 5.73 Å². The van der Waals surface area contributed by atoms with E-state index in [0.717, 1.165) is 17.7 Å². The molecule has 1 aromatic carbocycles. The van der Waals surface area contributed by atoms with Crippen LogP contribution in [0.3, 0.4) is 0 Å². The Bertz CT molecular complexity index is 436. The van der Waals surface area contributed by atoms with Gasteiger partial charge < -0.3 is 20.7 Å². The lowest BCUT2D eigenvalue weighted by molar-refractivity contribution is 0.0144. The molecule has 1 heterocycles. The molecule has 1 fully saturated rings. The van der Waals surface area contributed by atoms with Crippen molar-refractivity contribution in [2.75, 3.05) is 25.1 Å². The summed E-state index contributed by atoms with van der Waals surface area (Å²) in [5.41, 5.74) is 7.39. The molecule has 2 rings (SSSR count). The van der Waals surface area contributed by atoms with E-state index in [1.165, 1.54) is 0 Å². The summed E-state index contributed by atoms with van der Waals surface area (Å²) in [4.78, 5) is 14.1. The van der Waals surface area contributed by atoms with Gasteiger partial charge >= 0.3 is 6.03 Å². The van der Waals surface area contributed by atoms with Crippen molar-refractivity contribution in [3.63, 3.8) is 0 Å². The summed E-state index contributed by atoms with van der Waals surface area (Å²) < 4.78 is 5.40. The number of morpholine rings is 1. The first-order chi connectivity index (χ1) is 9.24. The number of hydrogen-bond acceptors (Lipinski definition) is 3. The molecule has 19 heavy (non-hydrogen) atoms. The number of rotatable bonds is 3. The van der Waals surface area contributed by atoms with Crippen molar-refractivity contribution in [3.05, 3.63) is 29.8 Å². The molecule has 1 saturated heterocycles. The van der Waals surface area contributed by atoms with E-state index in [4.69, 9.17) is 10.5 Å². The first-order valence-electron chi connectivity index (χ1n) is 6.69. The third kappa shape index (κ3) is 3.45. The van der Waals surface area contributed by atoms with Gasteiger partial charge in [-0.1, -0.05) is 19.1 Å². The molecule has 104 valence electrons. The second-order valence-corrected chi connectivity index (χ2v) is 4.67. The number of nitrogens with one attached hydrogen (secondary N) is 1. The molecule has 0 bridgehead atoms. The van der Waals surface area contributed by atoms with E-state index in [0.29, 0.717) is 26.3 Å². The van der Waals surface area contributed by atoms with Crippen LogP contribution >= 0.6 is 0 Å². The summed E-state index contributed by atoms with van der Waals surface area (Å²) in [6.07, 6.45) is 0.899. The fourth-order valence-corrected chi connectivity index (χ4v) is 2.23. The molecule has 0 radical (unpaired) electrons. The molecule has 5 nitrogen and oxygen atoms in total. The first kappa shape index (κ1) is 13.8. The van der Waals surface area contributed by atoms with Gasteiger partial charge in [-0.2, -0.15) is 0 Å². The number of nitrogens with two attached hydrogens (primary N) is 1. The maximum absolute atomic E-state index is 12.3. The van der Waals surface area contributed by atoms with Crippen molar-refractivity contribution < 1.29 is 9.53 Å². The minimum Gasteiger partial charge on any atom is -0.377 e. The summed E-state index contributed by atoms with van der Waals surface area (Å²) in [5, 5.41) is 2.93. The number of carbonyl (C=O) groups excluding carboxylic acids is 1. The molecular weight excluding hydrogens is 242 g/mol. The summed E-state index contributed by atoms with van der Waals surface area (Å²) in [6.45, 7) is 4.40. The highest BCUT2D eigenvalue weighted by atomic mass is 16.5. The van der Waals surface area contributed by atoms with E-state index >= 15 is 0 Å². The molecule has 1 aromatic rings. The first-order valence-corrected chi connectivity index (χ1v) is 6.69. The van der Waals surface area contributed by atoms with Crippen LogP contribution in [0.4, 0.5) is 10.5 Å². The van der Waals surface area contributed by atoms with Crippen LogP contribution in [0.15, 0.2) is 24.3 Å². The molecule has 1 atom stereocenters. The highest BCUT2D eigenvalue weighted by Gasteiger charge is 2.25. The maximum Gasteiger partial charge on any atom is 0.322 e. The van der Waals surface area contributed by atoms with Crippen molar-refractivity contribution in [1.82, 2.24) is 4.90 Å². The minimum absolute atomic E-state index is 0.0654. The lowest BCUT2D eigenvalue weighted by Crippen LogP contribution is -2.50. The molecular formula is C14H21N3O2. The lowest BCUT2D eigenvalue weighted by atomic mass is 10.2. The summed E-state index contributed by atoms with van der Waals surface area (Å²) in [6, 6.07) is 7.71. The normalized spacial score (nSPS) is 19.3. The fraction of sp³-hybridized carbons (Fsp3) is 0.500. The van der Waals surface area contributed by atoms with Crippen LogP contribution < -0.4 is 11.1 Å². The molecule has 1 unspecified atom stereocenters. The molecule has 2 amide bonds. The minimum atomic E-state index is -0.0654. The Balaban J connectivity index is 2.02. The van der Waals surface area contributed by atoms with Crippen molar-refractivity contribution >= 4 is 11.7 Å². The van der Waals surface area contributed by atoms with Gasteiger partial charge in [-0.25, -0.2) is 4.79 Å². The van der Waals surface area contributed by atoms with Crippen LogP contribution in [0, 0.1) is 0 Å². The van der Waals surface area contributed by atoms with E-state index in [1.807, 2.05) is 29.2 Å². The second-order valence-electron chi connectivity index (χ2n) is 4.67. The topological polar surface area (TPSA) is 67.6 Å². The van der Waals surface area contributed by atoms with Crippen molar-refractivity contribution in [3.8, 4) is 0 Å².